The van der Waals surface area contributed by atoms with Gasteiger partial charge < -0.3 is 19.9 Å². The summed E-state index contributed by atoms with van der Waals surface area (Å²) in [7, 11) is 3.13. The topological polar surface area (TPSA) is 84.9 Å². The normalized spacial score (nSPS) is 11.5. The number of benzene rings is 1. The van der Waals surface area contributed by atoms with Crippen LogP contribution in [0, 0.1) is 0 Å². The average Bonchev–Trinajstić information content (AvgIpc) is 2.52. The van der Waals surface area contributed by atoms with Crippen molar-refractivity contribution in [1.29, 1.82) is 0 Å². The van der Waals surface area contributed by atoms with Gasteiger partial charge in [-0.3, -0.25) is 4.79 Å². The van der Waals surface area contributed by atoms with Crippen LogP contribution >= 0.6 is 0 Å². The van der Waals surface area contributed by atoms with Crippen molar-refractivity contribution in [3.05, 3.63) is 34.9 Å². The van der Waals surface area contributed by atoms with Crippen LogP contribution in [-0.4, -0.2) is 37.7 Å². The number of carbonyl (C=O) groups is 2. The zero-order valence-electron chi connectivity index (χ0n) is 13.2. The van der Waals surface area contributed by atoms with E-state index in [4.69, 9.17) is 14.6 Å². The number of carboxylic acid groups (broad SMARTS) is 1. The SMILES string of the molecule is COc1ccc(CCNC(=O)C(C)=C(C)C(=O)O)cc1OC. The van der Waals surface area contributed by atoms with Gasteiger partial charge in [0, 0.05) is 17.7 Å². The van der Waals surface area contributed by atoms with E-state index in [2.05, 4.69) is 5.32 Å². The monoisotopic (exact) mass is 307 g/mol. The molecule has 1 aromatic carbocycles. The maximum absolute atomic E-state index is 11.8. The summed E-state index contributed by atoms with van der Waals surface area (Å²) in [4.78, 5) is 22.6. The maximum Gasteiger partial charge on any atom is 0.331 e. The van der Waals surface area contributed by atoms with E-state index in [1.165, 1.54) is 13.8 Å². The Balaban J connectivity index is 2.63. The standard InChI is InChI=1S/C16H21NO5/c1-10(11(2)16(19)20)15(18)17-8-7-12-5-6-13(21-3)14(9-12)22-4/h5-6,9H,7-8H2,1-4H3,(H,17,18)(H,19,20). The molecule has 0 saturated carbocycles. The van der Waals surface area contributed by atoms with Crippen LogP contribution in [0.15, 0.2) is 29.3 Å². The predicted molar refractivity (Wildman–Crippen MR) is 82.3 cm³/mol. The summed E-state index contributed by atoms with van der Waals surface area (Å²) in [6.07, 6.45) is 0.603. The number of rotatable bonds is 7. The van der Waals surface area contributed by atoms with Crippen molar-refractivity contribution >= 4 is 11.9 Å². The van der Waals surface area contributed by atoms with Crippen LogP contribution in [0.1, 0.15) is 19.4 Å². The first-order valence-corrected chi connectivity index (χ1v) is 6.80. The second-order valence-corrected chi connectivity index (χ2v) is 4.75. The summed E-state index contributed by atoms with van der Waals surface area (Å²) in [6.45, 7) is 3.30. The van der Waals surface area contributed by atoms with Crippen molar-refractivity contribution in [2.45, 2.75) is 20.3 Å². The molecule has 6 nitrogen and oxygen atoms in total. The third-order valence-corrected chi connectivity index (χ3v) is 3.37. The number of hydrogen-bond acceptors (Lipinski definition) is 4. The van der Waals surface area contributed by atoms with Crippen molar-refractivity contribution in [3.63, 3.8) is 0 Å². The molecule has 0 unspecified atom stereocenters. The van der Waals surface area contributed by atoms with Crippen LogP contribution in [0.2, 0.25) is 0 Å². The molecule has 0 aliphatic rings. The molecule has 6 heteroatoms. The smallest absolute Gasteiger partial charge is 0.331 e. The third-order valence-electron chi connectivity index (χ3n) is 3.37. The number of ether oxygens (including phenoxy) is 2. The first kappa shape index (κ1) is 17.6. The van der Waals surface area contributed by atoms with Crippen LogP contribution in [0.4, 0.5) is 0 Å². The Hall–Kier alpha value is -2.50. The molecular weight excluding hydrogens is 286 g/mol. The lowest BCUT2D eigenvalue weighted by molar-refractivity contribution is -0.133. The zero-order chi connectivity index (χ0) is 16.7. The van der Waals surface area contributed by atoms with E-state index in [9.17, 15) is 9.59 Å². The highest BCUT2D eigenvalue weighted by Gasteiger charge is 2.12. The molecule has 0 radical (unpaired) electrons. The molecule has 0 atom stereocenters. The largest absolute Gasteiger partial charge is 0.493 e. The highest BCUT2D eigenvalue weighted by molar-refractivity contribution is 6.01. The second kappa shape index (κ2) is 8.07. The van der Waals surface area contributed by atoms with Crippen molar-refractivity contribution in [2.75, 3.05) is 20.8 Å². The summed E-state index contributed by atoms with van der Waals surface area (Å²) in [5.74, 6) is -0.191. The van der Waals surface area contributed by atoms with Gasteiger partial charge in [-0.15, -0.1) is 0 Å². The number of aliphatic carboxylic acids is 1. The Labute approximate surface area is 129 Å². The number of amides is 1. The van der Waals surface area contributed by atoms with E-state index >= 15 is 0 Å². The Morgan fingerprint density at radius 1 is 1.09 bits per heavy atom. The molecule has 22 heavy (non-hydrogen) atoms. The maximum atomic E-state index is 11.8. The minimum absolute atomic E-state index is 0.0450. The molecule has 1 aromatic rings. The molecule has 0 aliphatic heterocycles. The summed E-state index contributed by atoms with van der Waals surface area (Å²) in [6, 6.07) is 5.53. The van der Waals surface area contributed by atoms with Crippen molar-refractivity contribution in [2.24, 2.45) is 0 Å². The van der Waals surface area contributed by atoms with Gasteiger partial charge in [-0.05, 0) is 38.0 Å². The van der Waals surface area contributed by atoms with Gasteiger partial charge in [0.25, 0.3) is 0 Å². The molecule has 0 aromatic heterocycles. The van der Waals surface area contributed by atoms with E-state index < -0.39 is 5.97 Å². The molecule has 1 rings (SSSR count). The fraction of sp³-hybridized carbons (Fsp3) is 0.375. The summed E-state index contributed by atoms with van der Waals surface area (Å²) in [5.41, 5.74) is 1.23. The van der Waals surface area contributed by atoms with Gasteiger partial charge in [-0.2, -0.15) is 0 Å². The van der Waals surface area contributed by atoms with Gasteiger partial charge in [0.15, 0.2) is 11.5 Å². The first-order valence-electron chi connectivity index (χ1n) is 6.80. The van der Waals surface area contributed by atoms with Crippen LogP contribution in [-0.2, 0) is 16.0 Å². The lowest BCUT2D eigenvalue weighted by Crippen LogP contribution is -2.27. The van der Waals surface area contributed by atoms with Gasteiger partial charge in [0.05, 0.1) is 14.2 Å². The number of carbonyl (C=O) groups excluding carboxylic acids is 1. The first-order chi connectivity index (χ1) is 10.4. The fourth-order valence-corrected chi connectivity index (χ4v) is 1.82. The minimum atomic E-state index is -1.09. The third kappa shape index (κ3) is 4.51. The van der Waals surface area contributed by atoms with Crippen LogP contribution < -0.4 is 14.8 Å². The van der Waals surface area contributed by atoms with E-state index in [1.807, 2.05) is 12.1 Å². The Morgan fingerprint density at radius 3 is 2.27 bits per heavy atom. The molecule has 0 bridgehead atoms. The van der Waals surface area contributed by atoms with E-state index in [-0.39, 0.29) is 17.1 Å². The number of hydrogen-bond donors (Lipinski definition) is 2. The predicted octanol–water partition coefficient (Wildman–Crippen LogP) is 1.78. The highest BCUT2D eigenvalue weighted by atomic mass is 16.5. The van der Waals surface area contributed by atoms with Gasteiger partial charge in [-0.25, -0.2) is 4.79 Å². The summed E-state index contributed by atoms with van der Waals surface area (Å²) in [5, 5.41) is 11.5. The molecular formula is C16H21NO5. The highest BCUT2D eigenvalue weighted by Crippen LogP contribution is 2.27. The Bertz CT molecular complexity index is 592. The molecule has 0 saturated heterocycles. The van der Waals surface area contributed by atoms with Gasteiger partial charge >= 0.3 is 5.97 Å². The van der Waals surface area contributed by atoms with Crippen molar-refractivity contribution in [1.82, 2.24) is 5.32 Å². The summed E-state index contributed by atoms with van der Waals surface area (Å²) < 4.78 is 10.4. The van der Waals surface area contributed by atoms with Crippen LogP contribution in [0.5, 0.6) is 11.5 Å². The number of carboxylic acids is 1. The van der Waals surface area contributed by atoms with E-state index in [1.54, 1.807) is 20.3 Å². The fourth-order valence-electron chi connectivity index (χ4n) is 1.82. The number of nitrogens with one attached hydrogen (secondary N) is 1. The quantitative estimate of drug-likeness (QED) is 0.750. The lowest BCUT2D eigenvalue weighted by atomic mass is 10.1. The van der Waals surface area contributed by atoms with Gasteiger partial charge in [0.2, 0.25) is 5.91 Å². The van der Waals surface area contributed by atoms with Crippen LogP contribution in [0.25, 0.3) is 0 Å². The second-order valence-electron chi connectivity index (χ2n) is 4.75. The summed E-state index contributed by atoms with van der Waals surface area (Å²) >= 11 is 0. The van der Waals surface area contributed by atoms with Crippen molar-refractivity contribution in [3.8, 4) is 11.5 Å². The van der Waals surface area contributed by atoms with Gasteiger partial charge in [-0.1, -0.05) is 6.07 Å². The zero-order valence-corrected chi connectivity index (χ0v) is 13.2. The average molecular weight is 307 g/mol. The van der Waals surface area contributed by atoms with Crippen molar-refractivity contribution < 1.29 is 24.2 Å². The molecule has 0 spiro atoms. The molecule has 0 heterocycles. The van der Waals surface area contributed by atoms with E-state index in [0.29, 0.717) is 24.5 Å². The molecule has 120 valence electrons. The number of methoxy groups -OCH3 is 2. The molecule has 0 fully saturated rings. The molecule has 0 aliphatic carbocycles. The van der Waals surface area contributed by atoms with Gasteiger partial charge in [0.1, 0.15) is 0 Å². The molecule has 1 amide bonds. The van der Waals surface area contributed by atoms with Crippen LogP contribution in [0.3, 0.4) is 0 Å². The molecule has 2 N–H and O–H groups in total. The minimum Gasteiger partial charge on any atom is -0.493 e. The lowest BCUT2D eigenvalue weighted by Gasteiger charge is -2.10. The van der Waals surface area contributed by atoms with E-state index in [0.717, 1.165) is 5.56 Å². The Kier molecular flexibility index (Phi) is 6.44. The Morgan fingerprint density at radius 2 is 1.73 bits per heavy atom.